The van der Waals surface area contributed by atoms with Gasteiger partial charge in [0.05, 0.1) is 0 Å². The third-order valence-corrected chi connectivity index (χ3v) is 2.14. The minimum absolute atomic E-state index is 0.123. The number of hydrogen-bond acceptors (Lipinski definition) is 1. The second kappa shape index (κ2) is 8.42. The Morgan fingerprint density at radius 1 is 1.20 bits per heavy atom. The number of halogens is 1. The molecule has 0 saturated heterocycles. The van der Waals surface area contributed by atoms with Crippen molar-refractivity contribution < 1.29 is 4.39 Å². The SMILES string of the molecule is CC.Cc1cc(CCCCN)ccc1F. The van der Waals surface area contributed by atoms with Gasteiger partial charge in [0.25, 0.3) is 0 Å². The Balaban J connectivity index is 0.000000921. The van der Waals surface area contributed by atoms with Gasteiger partial charge in [-0.05, 0) is 49.9 Å². The van der Waals surface area contributed by atoms with E-state index in [-0.39, 0.29) is 5.82 Å². The first-order valence-electron chi connectivity index (χ1n) is 5.69. The van der Waals surface area contributed by atoms with Gasteiger partial charge in [0, 0.05) is 0 Å². The Labute approximate surface area is 92.5 Å². The highest BCUT2D eigenvalue weighted by molar-refractivity contribution is 5.23. The van der Waals surface area contributed by atoms with Crippen LogP contribution in [0.5, 0.6) is 0 Å². The standard InChI is InChI=1S/C11H16FN.C2H6/c1-9-8-10(4-2-3-7-13)5-6-11(9)12;1-2/h5-6,8H,2-4,7,13H2,1H3;1-2H3. The quantitative estimate of drug-likeness (QED) is 0.758. The fourth-order valence-corrected chi connectivity index (χ4v) is 1.34. The molecular weight excluding hydrogens is 189 g/mol. The van der Waals surface area contributed by atoms with Crippen molar-refractivity contribution in [3.63, 3.8) is 0 Å². The van der Waals surface area contributed by atoms with E-state index in [4.69, 9.17) is 5.73 Å². The maximum Gasteiger partial charge on any atom is 0.126 e. The van der Waals surface area contributed by atoms with Gasteiger partial charge in [-0.25, -0.2) is 4.39 Å². The molecule has 0 atom stereocenters. The van der Waals surface area contributed by atoms with E-state index >= 15 is 0 Å². The van der Waals surface area contributed by atoms with Crippen LogP contribution in [0.3, 0.4) is 0 Å². The summed E-state index contributed by atoms with van der Waals surface area (Å²) in [5.41, 5.74) is 7.32. The molecule has 0 radical (unpaired) electrons. The van der Waals surface area contributed by atoms with Crippen molar-refractivity contribution in [3.8, 4) is 0 Å². The zero-order valence-electron chi connectivity index (χ0n) is 10.0. The van der Waals surface area contributed by atoms with Crippen molar-refractivity contribution in [1.82, 2.24) is 0 Å². The highest BCUT2D eigenvalue weighted by atomic mass is 19.1. The van der Waals surface area contributed by atoms with Gasteiger partial charge < -0.3 is 5.73 Å². The lowest BCUT2D eigenvalue weighted by Gasteiger charge is -2.02. The molecule has 0 aliphatic carbocycles. The Bertz CT molecular complexity index is 271. The van der Waals surface area contributed by atoms with Crippen LogP contribution in [-0.4, -0.2) is 6.54 Å². The molecule has 0 saturated carbocycles. The number of rotatable bonds is 4. The number of nitrogens with two attached hydrogens (primary N) is 1. The number of aryl methyl sites for hydroxylation is 2. The van der Waals surface area contributed by atoms with Gasteiger partial charge in [0.15, 0.2) is 0 Å². The van der Waals surface area contributed by atoms with E-state index in [1.165, 1.54) is 11.6 Å². The van der Waals surface area contributed by atoms with Gasteiger partial charge in [-0.2, -0.15) is 0 Å². The maximum atomic E-state index is 12.9. The van der Waals surface area contributed by atoms with Crippen LogP contribution in [0.15, 0.2) is 18.2 Å². The maximum absolute atomic E-state index is 12.9. The monoisotopic (exact) mass is 211 g/mol. The van der Waals surface area contributed by atoms with Gasteiger partial charge in [0.1, 0.15) is 5.82 Å². The molecule has 1 aromatic carbocycles. The average Bonchev–Trinajstić information content (AvgIpc) is 2.27. The van der Waals surface area contributed by atoms with Gasteiger partial charge >= 0.3 is 0 Å². The molecule has 15 heavy (non-hydrogen) atoms. The topological polar surface area (TPSA) is 26.0 Å². The Morgan fingerprint density at radius 2 is 1.87 bits per heavy atom. The van der Waals surface area contributed by atoms with Crippen LogP contribution in [0.25, 0.3) is 0 Å². The summed E-state index contributed by atoms with van der Waals surface area (Å²) in [5, 5.41) is 0. The molecule has 2 heteroatoms. The van der Waals surface area contributed by atoms with Crippen molar-refractivity contribution >= 4 is 0 Å². The second-order valence-corrected chi connectivity index (χ2v) is 3.33. The van der Waals surface area contributed by atoms with E-state index in [2.05, 4.69) is 0 Å². The molecule has 2 N–H and O–H groups in total. The number of benzene rings is 1. The van der Waals surface area contributed by atoms with Crippen molar-refractivity contribution in [3.05, 3.63) is 35.1 Å². The van der Waals surface area contributed by atoms with E-state index < -0.39 is 0 Å². The Hall–Kier alpha value is -0.890. The van der Waals surface area contributed by atoms with Crippen LogP contribution in [0.4, 0.5) is 4.39 Å². The fourth-order valence-electron chi connectivity index (χ4n) is 1.34. The summed E-state index contributed by atoms with van der Waals surface area (Å²) in [6.07, 6.45) is 3.12. The molecule has 0 aromatic heterocycles. The highest BCUT2D eigenvalue weighted by Gasteiger charge is 1.98. The first-order chi connectivity index (χ1) is 7.24. The third-order valence-electron chi connectivity index (χ3n) is 2.14. The zero-order valence-corrected chi connectivity index (χ0v) is 10.0. The average molecular weight is 211 g/mol. The van der Waals surface area contributed by atoms with E-state index in [1.54, 1.807) is 6.92 Å². The van der Waals surface area contributed by atoms with Crippen molar-refractivity contribution in [2.75, 3.05) is 6.54 Å². The smallest absolute Gasteiger partial charge is 0.126 e. The van der Waals surface area contributed by atoms with Crippen LogP contribution in [0.1, 0.15) is 37.8 Å². The normalized spacial score (nSPS) is 9.40. The molecule has 1 nitrogen and oxygen atoms in total. The molecule has 0 spiro atoms. The molecule has 0 aliphatic rings. The summed E-state index contributed by atoms with van der Waals surface area (Å²) in [7, 11) is 0. The second-order valence-electron chi connectivity index (χ2n) is 3.33. The number of unbranched alkanes of at least 4 members (excludes halogenated alkanes) is 1. The molecule has 0 aliphatic heterocycles. The Morgan fingerprint density at radius 3 is 2.40 bits per heavy atom. The van der Waals surface area contributed by atoms with Crippen molar-refractivity contribution in [2.45, 2.75) is 40.0 Å². The lowest BCUT2D eigenvalue weighted by molar-refractivity contribution is 0.617. The largest absolute Gasteiger partial charge is 0.330 e. The molecule has 1 aromatic rings. The van der Waals surface area contributed by atoms with E-state index in [0.29, 0.717) is 0 Å². The van der Waals surface area contributed by atoms with Crippen LogP contribution < -0.4 is 5.73 Å². The Kier molecular flexibility index (Phi) is 7.92. The lowest BCUT2D eigenvalue weighted by atomic mass is 10.1. The predicted octanol–water partition coefficient (Wildman–Crippen LogP) is 3.44. The van der Waals surface area contributed by atoms with Gasteiger partial charge in [0.2, 0.25) is 0 Å². The first kappa shape index (κ1) is 14.1. The highest BCUT2D eigenvalue weighted by Crippen LogP contribution is 2.11. The van der Waals surface area contributed by atoms with Gasteiger partial charge in [-0.1, -0.05) is 26.0 Å². The van der Waals surface area contributed by atoms with E-state index in [1.807, 2.05) is 26.0 Å². The first-order valence-corrected chi connectivity index (χ1v) is 5.69. The van der Waals surface area contributed by atoms with Crippen molar-refractivity contribution in [1.29, 1.82) is 0 Å². The minimum atomic E-state index is -0.123. The van der Waals surface area contributed by atoms with Crippen LogP contribution >= 0.6 is 0 Å². The molecule has 1 rings (SSSR count). The summed E-state index contributed by atoms with van der Waals surface area (Å²) in [6.45, 7) is 6.53. The zero-order chi connectivity index (χ0) is 11.7. The molecule has 0 fully saturated rings. The molecule has 86 valence electrons. The molecular formula is C13H22FN. The van der Waals surface area contributed by atoms with Gasteiger partial charge in [-0.15, -0.1) is 0 Å². The minimum Gasteiger partial charge on any atom is -0.330 e. The fraction of sp³-hybridized carbons (Fsp3) is 0.538. The summed E-state index contributed by atoms with van der Waals surface area (Å²) in [6, 6.07) is 5.29. The summed E-state index contributed by atoms with van der Waals surface area (Å²) < 4.78 is 12.9. The third kappa shape index (κ3) is 5.53. The van der Waals surface area contributed by atoms with Gasteiger partial charge in [-0.3, -0.25) is 0 Å². The molecule has 0 unspecified atom stereocenters. The summed E-state index contributed by atoms with van der Waals surface area (Å²) >= 11 is 0. The van der Waals surface area contributed by atoms with Crippen molar-refractivity contribution in [2.24, 2.45) is 5.73 Å². The lowest BCUT2D eigenvalue weighted by Crippen LogP contribution is -1.99. The predicted molar refractivity (Wildman–Crippen MR) is 64.5 cm³/mol. The van der Waals surface area contributed by atoms with Crippen LogP contribution in [-0.2, 0) is 6.42 Å². The number of hydrogen-bond donors (Lipinski definition) is 1. The van der Waals surface area contributed by atoms with E-state index in [0.717, 1.165) is 31.4 Å². The summed E-state index contributed by atoms with van der Waals surface area (Å²) in [5.74, 6) is -0.123. The van der Waals surface area contributed by atoms with Crippen LogP contribution in [0.2, 0.25) is 0 Å². The molecule has 0 heterocycles. The van der Waals surface area contributed by atoms with E-state index in [9.17, 15) is 4.39 Å². The molecule has 0 bridgehead atoms. The van der Waals surface area contributed by atoms with Crippen LogP contribution in [0, 0.1) is 12.7 Å². The summed E-state index contributed by atoms with van der Waals surface area (Å²) in [4.78, 5) is 0. The molecule has 0 amide bonds.